The summed E-state index contributed by atoms with van der Waals surface area (Å²) in [4.78, 5) is 10.4. The van der Waals surface area contributed by atoms with Gasteiger partial charge in [-0.3, -0.25) is 0 Å². The molecule has 1 heterocycles. The van der Waals surface area contributed by atoms with Gasteiger partial charge in [0, 0.05) is 13.7 Å². The summed E-state index contributed by atoms with van der Waals surface area (Å²) in [6.07, 6.45) is 8.59. The lowest BCUT2D eigenvalue weighted by Gasteiger charge is -2.38. The van der Waals surface area contributed by atoms with Crippen LogP contribution in [0.2, 0.25) is 0 Å². The van der Waals surface area contributed by atoms with E-state index in [1.54, 1.807) is 0 Å². The fraction of sp³-hybridized carbons (Fsp3) is 0.944. The Morgan fingerprint density at radius 1 is 1.10 bits per heavy atom. The van der Waals surface area contributed by atoms with Gasteiger partial charge in [-0.15, -0.1) is 0 Å². The smallest absolute Gasteiger partial charge is 0.151 e. The molecule has 1 saturated heterocycles. The van der Waals surface area contributed by atoms with Gasteiger partial charge in [0.2, 0.25) is 0 Å². The lowest BCUT2D eigenvalue weighted by atomic mass is 9.72. The molecule has 0 aromatic rings. The van der Waals surface area contributed by atoms with Crippen molar-refractivity contribution < 1.29 is 14.3 Å². The first kappa shape index (κ1) is 17.0. The van der Waals surface area contributed by atoms with Gasteiger partial charge in [-0.25, -0.2) is 0 Å². The van der Waals surface area contributed by atoms with Crippen LogP contribution < -0.4 is 0 Å². The molecular weight excluding hydrogens is 264 g/mol. The van der Waals surface area contributed by atoms with E-state index in [1.165, 1.54) is 19.3 Å². The molecule has 4 unspecified atom stereocenters. The first-order valence-electron chi connectivity index (χ1n) is 8.38. The van der Waals surface area contributed by atoms with Crippen LogP contribution in [0.4, 0.5) is 0 Å². The Bertz CT molecular complexity index is 371. The molecule has 3 aliphatic rings. The number of rotatable bonds is 2. The zero-order chi connectivity index (χ0) is 15.7. The van der Waals surface area contributed by atoms with Crippen molar-refractivity contribution >= 4 is 6.29 Å². The highest BCUT2D eigenvalue weighted by Gasteiger charge is 2.60. The summed E-state index contributed by atoms with van der Waals surface area (Å²) in [7, 11) is 1.87. The second-order valence-electron chi connectivity index (χ2n) is 8.44. The number of carbonyl (C=O) groups excluding carboxylic acids is 1. The van der Waals surface area contributed by atoms with E-state index in [9.17, 15) is 4.79 Å². The van der Waals surface area contributed by atoms with Crippen LogP contribution in [0.3, 0.4) is 0 Å². The maximum absolute atomic E-state index is 10.4. The standard InChI is InChI=1S/C11H20O.C7H12O2/c1-10(2)5-8-6-11(8,3)9(7-10)12-4;1-7(6-8)4-2-3-5-9-7/h8-9H,5-7H2,1-4H3;6H,2-5H2,1H3. The van der Waals surface area contributed by atoms with E-state index >= 15 is 0 Å². The zero-order valence-corrected chi connectivity index (χ0v) is 14.4. The third-order valence-electron chi connectivity index (χ3n) is 5.76. The van der Waals surface area contributed by atoms with E-state index in [4.69, 9.17) is 9.47 Å². The van der Waals surface area contributed by atoms with Gasteiger partial charge in [-0.05, 0) is 62.2 Å². The Hall–Kier alpha value is -0.410. The monoisotopic (exact) mass is 296 g/mol. The minimum absolute atomic E-state index is 0.460. The van der Waals surface area contributed by atoms with Crippen molar-refractivity contribution in [2.75, 3.05) is 13.7 Å². The fourth-order valence-corrected chi connectivity index (χ4v) is 4.06. The summed E-state index contributed by atoms with van der Waals surface area (Å²) in [5.41, 5.74) is 0.601. The second-order valence-corrected chi connectivity index (χ2v) is 8.44. The number of ether oxygens (including phenoxy) is 2. The molecular formula is C18H32O3. The number of methoxy groups -OCH3 is 1. The van der Waals surface area contributed by atoms with Gasteiger partial charge in [0.15, 0.2) is 6.29 Å². The Morgan fingerprint density at radius 3 is 2.29 bits per heavy atom. The molecule has 0 bridgehead atoms. The van der Waals surface area contributed by atoms with Crippen molar-refractivity contribution in [2.24, 2.45) is 16.7 Å². The van der Waals surface area contributed by atoms with Crippen molar-refractivity contribution in [3.8, 4) is 0 Å². The number of carbonyl (C=O) groups is 1. The van der Waals surface area contributed by atoms with E-state index in [0.717, 1.165) is 38.1 Å². The second kappa shape index (κ2) is 6.00. The van der Waals surface area contributed by atoms with Gasteiger partial charge in [0.1, 0.15) is 5.60 Å². The highest BCUT2D eigenvalue weighted by Crippen LogP contribution is 2.65. The molecule has 2 aliphatic carbocycles. The Morgan fingerprint density at radius 2 is 1.81 bits per heavy atom. The van der Waals surface area contributed by atoms with E-state index in [-0.39, 0.29) is 0 Å². The maximum atomic E-state index is 10.4. The number of fused-ring (bicyclic) bond motifs is 1. The summed E-state index contributed by atoms with van der Waals surface area (Å²) in [6.45, 7) is 9.73. The minimum atomic E-state index is -0.460. The van der Waals surface area contributed by atoms with Gasteiger partial charge in [0.25, 0.3) is 0 Å². The molecule has 2 saturated carbocycles. The predicted octanol–water partition coefficient (Wildman–Crippen LogP) is 3.99. The molecule has 3 rings (SSSR count). The SMILES string of the molecule is CC1(C=O)CCCCO1.COC1CC(C)(C)CC2CC21C. The molecule has 3 nitrogen and oxygen atoms in total. The number of aldehydes is 1. The van der Waals surface area contributed by atoms with Crippen LogP contribution in [0.15, 0.2) is 0 Å². The van der Waals surface area contributed by atoms with Crippen LogP contribution in [-0.4, -0.2) is 31.7 Å². The molecule has 0 radical (unpaired) electrons. The third-order valence-corrected chi connectivity index (χ3v) is 5.76. The first-order valence-corrected chi connectivity index (χ1v) is 8.38. The molecule has 0 aromatic carbocycles. The van der Waals surface area contributed by atoms with Crippen molar-refractivity contribution in [3.63, 3.8) is 0 Å². The van der Waals surface area contributed by atoms with Crippen LogP contribution in [0.5, 0.6) is 0 Å². The van der Waals surface area contributed by atoms with Crippen LogP contribution in [0, 0.1) is 16.7 Å². The average Bonchev–Trinajstić information content (AvgIpc) is 3.09. The summed E-state index contributed by atoms with van der Waals surface area (Å²) >= 11 is 0. The number of hydrogen-bond acceptors (Lipinski definition) is 3. The Kier molecular flexibility index (Phi) is 4.84. The van der Waals surface area contributed by atoms with E-state index in [2.05, 4.69) is 20.8 Å². The summed E-state index contributed by atoms with van der Waals surface area (Å²) in [5.74, 6) is 0.950. The molecule has 0 aromatic heterocycles. The zero-order valence-electron chi connectivity index (χ0n) is 14.4. The fourth-order valence-electron chi connectivity index (χ4n) is 4.06. The molecule has 3 fully saturated rings. The lowest BCUT2D eigenvalue weighted by molar-refractivity contribution is -0.134. The van der Waals surface area contributed by atoms with Crippen molar-refractivity contribution in [1.82, 2.24) is 0 Å². The topological polar surface area (TPSA) is 35.5 Å². The predicted molar refractivity (Wildman–Crippen MR) is 84.3 cm³/mol. The summed E-state index contributed by atoms with van der Waals surface area (Å²) in [6, 6.07) is 0. The van der Waals surface area contributed by atoms with E-state index in [0.29, 0.717) is 16.9 Å². The highest BCUT2D eigenvalue weighted by molar-refractivity contribution is 5.61. The molecule has 122 valence electrons. The lowest BCUT2D eigenvalue weighted by Crippen LogP contribution is -2.35. The summed E-state index contributed by atoms with van der Waals surface area (Å²) < 4.78 is 10.8. The van der Waals surface area contributed by atoms with Crippen LogP contribution in [0.25, 0.3) is 0 Å². The quantitative estimate of drug-likeness (QED) is 0.723. The Labute approximate surface area is 129 Å². The van der Waals surface area contributed by atoms with Crippen molar-refractivity contribution in [3.05, 3.63) is 0 Å². The van der Waals surface area contributed by atoms with Crippen molar-refractivity contribution in [2.45, 2.75) is 77.9 Å². The van der Waals surface area contributed by atoms with Crippen LogP contribution in [0.1, 0.15) is 66.2 Å². The maximum Gasteiger partial charge on any atom is 0.151 e. The van der Waals surface area contributed by atoms with Gasteiger partial charge in [0.05, 0.1) is 6.10 Å². The highest BCUT2D eigenvalue weighted by atomic mass is 16.5. The molecule has 0 amide bonds. The Balaban J connectivity index is 0.000000161. The molecule has 3 heteroatoms. The van der Waals surface area contributed by atoms with E-state index in [1.807, 2.05) is 14.0 Å². The first-order chi connectivity index (χ1) is 9.75. The summed E-state index contributed by atoms with van der Waals surface area (Å²) in [5, 5.41) is 0. The number of hydrogen-bond donors (Lipinski definition) is 0. The van der Waals surface area contributed by atoms with Crippen molar-refractivity contribution in [1.29, 1.82) is 0 Å². The molecule has 21 heavy (non-hydrogen) atoms. The van der Waals surface area contributed by atoms with Gasteiger partial charge < -0.3 is 14.3 Å². The van der Waals surface area contributed by atoms with Crippen LogP contribution >= 0.6 is 0 Å². The van der Waals surface area contributed by atoms with Gasteiger partial charge in [-0.1, -0.05) is 20.8 Å². The van der Waals surface area contributed by atoms with Gasteiger partial charge in [-0.2, -0.15) is 0 Å². The van der Waals surface area contributed by atoms with Crippen LogP contribution in [-0.2, 0) is 14.3 Å². The molecule has 4 atom stereocenters. The third kappa shape index (κ3) is 3.87. The minimum Gasteiger partial charge on any atom is -0.381 e. The molecule has 0 N–H and O–H groups in total. The molecule has 1 aliphatic heterocycles. The van der Waals surface area contributed by atoms with Gasteiger partial charge >= 0.3 is 0 Å². The largest absolute Gasteiger partial charge is 0.381 e. The van der Waals surface area contributed by atoms with E-state index < -0.39 is 5.60 Å². The normalized spacial score (nSPS) is 44.0. The molecule has 0 spiro atoms. The average molecular weight is 296 g/mol.